The van der Waals surface area contributed by atoms with Crippen LogP contribution >= 0.6 is 0 Å². The number of piperidine rings is 1. The molecule has 1 saturated heterocycles. The van der Waals surface area contributed by atoms with Gasteiger partial charge in [-0.2, -0.15) is 4.31 Å². The van der Waals surface area contributed by atoms with Gasteiger partial charge in [-0.15, -0.1) is 0 Å². The van der Waals surface area contributed by atoms with Gasteiger partial charge in [0.05, 0.1) is 7.11 Å². The van der Waals surface area contributed by atoms with E-state index < -0.39 is 10.0 Å². The third-order valence-electron chi connectivity index (χ3n) is 6.62. The lowest BCUT2D eigenvalue weighted by Crippen LogP contribution is -2.39. The van der Waals surface area contributed by atoms with Gasteiger partial charge < -0.3 is 9.64 Å². The fraction of sp³-hybridized carbons (Fsp3) is 0.321. The average Bonchev–Trinajstić information content (AvgIpc) is 2.89. The highest BCUT2D eigenvalue weighted by Crippen LogP contribution is 2.30. The Kier molecular flexibility index (Phi) is 7.88. The third-order valence-corrected chi connectivity index (χ3v) is 8.44. The van der Waals surface area contributed by atoms with Gasteiger partial charge in [0.1, 0.15) is 10.6 Å². The fourth-order valence-corrected chi connectivity index (χ4v) is 5.91. The first-order chi connectivity index (χ1) is 16.9. The van der Waals surface area contributed by atoms with Crippen molar-refractivity contribution >= 4 is 15.9 Å². The summed E-state index contributed by atoms with van der Waals surface area (Å²) < 4.78 is 33.4. The lowest BCUT2D eigenvalue weighted by atomic mass is 9.90. The minimum absolute atomic E-state index is 0.00300. The zero-order chi connectivity index (χ0) is 24.8. The molecule has 6 nitrogen and oxygen atoms in total. The molecule has 1 amide bonds. The Labute approximate surface area is 208 Å². The van der Waals surface area contributed by atoms with Crippen molar-refractivity contribution < 1.29 is 17.9 Å². The van der Waals surface area contributed by atoms with Gasteiger partial charge in [-0.25, -0.2) is 8.42 Å². The topological polar surface area (TPSA) is 66.9 Å². The number of sulfonamides is 1. The summed E-state index contributed by atoms with van der Waals surface area (Å²) in [4.78, 5) is 15.1. The second-order valence-corrected chi connectivity index (χ2v) is 11.1. The minimum Gasteiger partial charge on any atom is -0.495 e. The van der Waals surface area contributed by atoms with Crippen molar-refractivity contribution in [2.45, 2.75) is 30.7 Å². The second kappa shape index (κ2) is 11.1. The molecule has 0 atom stereocenters. The highest BCUT2D eigenvalue weighted by Gasteiger charge is 2.29. The van der Waals surface area contributed by atoms with Gasteiger partial charge >= 0.3 is 0 Å². The number of rotatable bonds is 8. The molecule has 0 aromatic heterocycles. The Morgan fingerprint density at radius 2 is 1.54 bits per heavy atom. The molecule has 0 saturated carbocycles. The third kappa shape index (κ3) is 5.92. The molecule has 0 N–H and O–H groups in total. The van der Waals surface area contributed by atoms with Gasteiger partial charge in [-0.05, 0) is 54.5 Å². The van der Waals surface area contributed by atoms with E-state index in [1.165, 1.54) is 30.1 Å². The smallest absolute Gasteiger partial charge is 0.253 e. The number of hydrogen-bond donors (Lipinski definition) is 0. The number of amides is 1. The van der Waals surface area contributed by atoms with Crippen LogP contribution in [-0.4, -0.2) is 50.8 Å². The molecule has 0 radical (unpaired) electrons. The van der Waals surface area contributed by atoms with Crippen LogP contribution < -0.4 is 4.74 Å². The summed E-state index contributed by atoms with van der Waals surface area (Å²) in [5, 5.41) is 0. The summed E-state index contributed by atoms with van der Waals surface area (Å²) in [5.41, 5.74) is 2.56. The first-order valence-corrected chi connectivity index (χ1v) is 13.3. The molecule has 7 heteroatoms. The Bertz CT molecular complexity index is 1240. The molecule has 1 aliphatic rings. The standard InChI is InChI=1S/C28H32N2O4S/c1-29(21-24-11-7-4-8-12-24)35(32,33)27-20-25(13-14-26(27)34-2)28(31)30-17-15-23(16-18-30)19-22-9-5-3-6-10-22/h3-14,20,23H,15-19,21H2,1-2H3. The largest absolute Gasteiger partial charge is 0.495 e. The van der Waals surface area contributed by atoms with Gasteiger partial charge in [-0.3, -0.25) is 4.79 Å². The van der Waals surface area contributed by atoms with Crippen molar-refractivity contribution in [1.29, 1.82) is 0 Å². The van der Waals surface area contributed by atoms with Crippen LogP contribution in [0.1, 0.15) is 34.3 Å². The number of carbonyl (C=O) groups excluding carboxylic acids is 1. The summed E-state index contributed by atoms with van der Waals surface area (Å²) >= 11 is 0. The summed E-state index contributed by atoms with van der Waals surface area (Å²) in [6, 6.07) is 24.5. The van der Waals surface area contributed by atoms with Gasteiger partial charge in [-0.1, -0.05) is 60.7 Å². The molecular weight excluding hydrogens is 460 g/mol. The molecule has 4 rings (SSSR count). The maximum absolute atomic E-state index is 13.4. The van der Waals surface area contributed by atoms with Crippen LogP contribution in [0.25, 0.3) is 0 Å². The summed E-state index contributed by atoms with van der Waals surface area (Å²) in [6.45, 7) is 1.55. The van der Waals surface area contributed by atoms with E-state index in [4.69, 9.17) is 4.74 Å². The number of methoxy groups -OCH3 is 1. The van der Waals surface area contributed by atoms with E-state index >= 15 is 0 Å². The van der Waals surface area contributed by atoms with E-state index in [1.54, 1.807) is 12.1 Å². The van der Waals surface area contributed by atoms with Gasteiger partial charge in [0, 0.05) is 32.2 Å². The molecule has 184 valence electrons. The number of nitrogens with zero attached hydrogens (tertiary/aromatic N) is 2. The Morgan fingerprint density at radius 1 is 0.943 bits per heavy atom. The predicted octanol–water partition coefficient (Wildman–Crippen LogP) is 4.61. The molecule has 35 heavy (non-hydrogen) atoms. The van der Waals surface area contributed by atoms with Gasteiger partial charge in [0.15, 0.2) is 0 Å². The first kappa shape index (κ1) is 24.9. The van der Waals surface area contributed by atoms with Crippen molar-refractivity contribution in [3.63, 3.8) is 0 Å². The maximum Gasteiger partial charge on any atom is 0.253 e. The van der Waals surface area contributed by atoms with E-state index in [9.17, 15) is 13.2 Å². The molecule has 0 spiro atoms. The number of carbonyl (C=O) groups is 1. The van der Waals surface area contributed by atoms with Crippen LogP contribution in [0.2, 0.25) is 0 Å². The minimum atomic E-state index is -3.87. The van der Waals surface area contributed by atoms with Crippen LogP contribution in [0.3, 0.4) is 0 Å². The number of benzene rings is 3. The zero-order valence-corrected chi connectivity index (χ0v) is 21.1. The van der Waals surface area contributed by atoms with Gasteiger partial charge in [0.25, 0.3) is 5.91 Å². The van der Waals surface area contributed by atoms with Crippen molar-refractivity contribution in [2.24, 2.45) is 5.92 Å². The van der Waals surface area contributed by atoms with Crippen LogP contribution in [0, 0.1) is 5.92 Å². The van der Waals surface area contributed by atoms with E-state index in [2.05, 4.69) is 24.3 Å². The van der Waals surface area contributed by atoms with Gasteiger partial charge in [0.2, 0.25) is 10.0 Å². The summed E-state index contributed by atoms with van der Waals surface area (Å²) in [6.07, 6.45) is 2.88. The molecule has 1 heterocycles. The Balaban J connectivity index is 1.47. The molecule has 1 fully saturated rings. The fourth-order valence-electron chi connectivity index (χ4n) is 4.57. The van der Waals surface area contributed by atoms with Crippen LogP contribution in [-0.2, 0) is 23.0 Å². The molecule has 3 aromatic carbocycles. The monoisotopic (exact) mass is 492 g/mol. The predicted molar refractivity (Wildman–Crippen MR) is 137 cm³/mol. The molecule has 0 bridgehead atoms. The summed E-state index contributed by atoms with van der Waals surface area (Å²) in [5.74, 6) is 0.621. The number of ether oxygens (including phenoxy) is 1. The number of hydrogen-bond acceptors (Lipinski definition) is 4. The van der Waals surface area contributed by atoms with Crippen molar-refractivity contribution in [2.75, 3.05) is 27.2 Å². The maximum atomic E-state index is 13.4. The van der Waals surface area contributed by atoms with Crippen LogP contribution in [0.4, 0.5) is 0 Å². The highest BCUT2D eigenvalue weighted by atomic mass is 32.2. The van der Waals surface area contributed by atoms with Crippen molar-refractivity contribution in [3.05, 3.63) is 95.6 Å². The normalized spacial score (nSPS) is 14.8. The molecule has 3 aromatic rings. The Hall–Kier alpha value is -3.16. The Morgan fingerprint density at radius 3 is 2.14 bits per heavy atom. The van der Waals surface area contributed by atoms with Crippen molar-refractivity contribution in [3.8, 4) is 5.75 Å². The lowest BCUT2D eigenvalue weighted by molar-refractivity contribution is 0.0690. The van der Waals surface area contributed by atoms with E-state index in [-0.39, 0.29) is 23.1 Å². The van der Waals surface area contributed by atoms with Crippen LogP contribution in [0.15, 0.2) is 83.8 Å². The summed E-state index contributed by atoms with van der Waals surface area (Å²) in [7, 11) is -0.902. The second-order valence-electron chi connectivity index (χ2n) is 9.04. The first-order valence-electron chi connectivity index (χ1n) is 11.9. The lowest BCUT2D eigenvalue weighted by Gasteiger charge is -2.32. The zero-order valence-electron chi connectivity index (χ0n) is 20.3. The van der Waals surface area contributed by atoms with E-state index in [1.807, 2.05) is 41.3 Å². The quantitative estimate of drug-likeness (QED) is 0.461. The molecule has 0 unspecified atom stereocenters. The molecule has 1 aliphatic heterocycles. The van der Waals surface area contributed by atoms with E-state index in [0.717, 1.165) is 24.8 Å². The highest BCUT2D eigenvalue weighted by molar-refractivity contribution is 7.89. The average molecular weight is 493 g/mol. The van der Waals surface area contributed by atoms with E-state index in [0.29, 0.717) is 24.6 Å². The molecule has 0 aliphatic carbocycles. The molecular formula is C28H32N2O4S. The SMILES string of the molecule is COc1ccc(C(=O)N2CCC(Cc3ccccc3)CC2)cc1S(=O)(=O)N(C)Cc1ccccc1. The van der Waals surface area contributed by atoms with Crippen LogP contribution in [0.5, 0.6) is 5.75 Å². The van der Waals surface area contributed by atoms with Crippen molar-refractivity contribution in [1.82, 2.24) is 9.21 Å². The number of likely N-dealkylation sites (tertiary alicyclic amines) is 1.